The van der Waals surface area contributed by atoms with Gasteiger partial charge in [0.1, 0.15) is 6.04 Å². The van der Waals surface area contributed by atoms with Gasteiger partial charge in [0.05, 0.1) is 6.26 Å². The highest BCUT2D eigenvalue weighted by Gasteiger charge is 2.40. The van der Waals surface area contributed by atoms with E-state index in [9.17, 15) is 13.2 Å². The van der Waals surface area contributed by atoms with E-state index in [1.54, 1.807) is 0 Å². The van der Waals surface area contributed by atoms with Crippen molar-refractivity contribution in [3.8, 4) is 0 Å². The minimum absolute atomic E-state index is 0.0911. The van der Waals surface area contributed by atoms with Gasteiger partial charge in [-0.1, -0.05) is 22.6 Å². The third kappa shape index (κ3) is 2.53. The Kier molecular flexibility index (Phi) is 3.18. The minimum Gasteiger partial charge on any atom is -0.480 e. The van der Waals surface area contributed by atoms with Crippen molar-refractivity contribution in [2.24, 2.45) is 0 Å². The van der Waals surface area contributed by atoms with Gasteiger partial charge in [-0.05, 0) is 6.42 Å². The number of nitrogens with zero attached hydrogens (tertiary/aromatic N) is 1. The molecule has 0 amide bonds. The Morgan fingerprint density at radius 3 is 2.46 bits per heavy atom. The second-order valence-electron chi connectivity index (χ2n) is 3.02. The third-order valence-corrected chi connectivity index (χ3v) is 4.07. The van der Waals surface area contributed by atoms with Crippen LogP contribution in [0.25, 0.3) is 0 Å². The van der Waals surface area contributed by atoms with Crippen LogP contribution in [0.15, 0.2) is 0 Å². The molecule has 0 aromatic carbocycles. The van der Waals surface area contributed by atoms with Gasteiger partial charge < -0.3 is 5.11 Å². The Labute approximate surface area is 90.3 Å². The van der Waals surface area contributed by atoms with Crippen LogP contribution in [0, 0.1) is 0 Å². The lowest BCUT2D eigenvalue weighted by Crippen LogP contribution is -2.39. The number of hydrogen-bond acceptors (Lipinski definition) is 3. The zero-order valence-corrected chi connectivity index (χ0v) is 9.95. The van der Waals surface area contributed by atoms with Crippen molar-refractivity contribution in [1.82, 2.24) is 4.31 Å². The molecule has 1 fully saturated rings. The fourth-order valence-electron chi connectivity index (χ4n) is 1.35. The maximum Gasteiger partial charge on any atom is 0.322 e. The zero-order valence-electron chi connectivity index (χ0n) is 6.97. The van der Waals surface area contributed by atoms with Crippen LogP contribution in [0.2, 0.25) is 0 Å². The predicted octanol–water partition coefficient (Wildman–Crippen LogP) is -0.0915. The lowest BCUT2D eigenvalue weighted by Gasteiger charge is -2.17. The van der Waals surface area contributed by atoms with Gasteiger partial charge in [-0.3, -0.25) is 4.79 Å². The Morgan fingerprint density at radius 1 is 1.62 bits per heavy atom. The van der Waals surface area contributed by atoms with Crippen LogP contribution < -0.4 is 0 Å². The maximum absolute atomic E-state index is 11.2. The smallest absolute Gasteiger partial charge is 0.322 e. The van der Waals surface area contributed by atoms with Gasteiger partial charge >= 0.3 is 5.97 Å². The van der Waals surface area contributed by atoms with E-state index in [-0.39, 0.29) is 3.92 Å². The fraction of sp³-hybridized carbons (Fsp3) is 0.833. The molecule has 1 rings (SSSR count). The number of hydrogen-bond donors (Lipinski definition) is 1. The lowest BCUT2D eigenvalue weighted by molar-refractivity contribution is -0.140. The molecule has 1 saturated heterocycles. The van der Waals surface area contributed by atoms with Crippen molar-refractivity contribution < 1.29 is 18.3 Å². The summed E-state index contributed by atoms with van der Waals surface area (Å²) in [6.45, 7) is 0.302. The molecule has 0 aromatic heterocycles. The summed E-state index contributed by atoms with van der Waals surface area (Å²) in [5, 5.41) is 8.76. The van der Waals surface area contributed by atoms with Gasteiger partial charge in [0.2, 0.25) is 10.0 Å². The Morgan fingerprint density at radius 2 is 2.15 bits per heavy atom. The highest BCUT2D eigenvalue weighted by Crippen LogP contribution is 2.26. The van der Waals surface area contributed by atoms with E-state index < -0.39 is 22.0 Å². The number of halogens is 1. The topological polar surface area (TPSA) is 74.7 Å². The van der Waals surface area contributed by atoms with E-state index in [0.717, 1.165) is 10.6 Å². The average molecular weight is 319 g/mol. The molecule has 1 aliphatic heterocycles. The van der Waals surface area contributed by atoms with Crippen molar-refractivity contribution in [2.75, 3.05) is 12.8 Å². The highest BCUT2D eigenvalue weighted by atomic mass is 127. The second-order valence-corrected chi connectivity index (χ2v) is 6.72. The molecule has 0 bridgehead atoms. The fourth-order valence-corrected chi connectivity index (χ4v) is 3.61. The lowest BCUT2D eigenvalue weighted by atomic mass is 10.2. The first-order valence-electron chi connectivity index (χ1n) is 3.66. The summed E-state index contributed by atoms with van der Waals surface area (Å²) in [4.78, 5) is 10.7. The van der Waals surface area contributed by atoms with Crippen LogP contribution in [0.4, 0.5) is 0 Å². The first-order chi connectivity index (χ1) is 5.82. The third-order valence-electron chi connectivity index (χ3n) is 1.92. The van der Waals surface area contributed by atoms with Crippen LogP contribution in [-0.4, -0.2) is 46.6 Å². The summed E-state index contributed by atoms with van der Waals surface area (Å²) in [7, 11) is -3.38. The number of rotatable bonds is 2. The Hall–Kier alpha value is 0.110. The number of carboxylic acids is 1. The van der Waals surface area contributed by atoms with Gasteiger partial charge in [0.25, 0.3) is 0 Å². The molecule has 2 atom stereocenters. The number of carbonyl (C=O) groups is 1. The summed E-state index contributed by atoms with van der Waals surface area (Å²) in [6.07, 6.45) is 1.43. The molecule has 7 heteroatoms. The molecule has 76 valence electrons. The van der Waals surface area contributed by atoms with Gasteiger partial charge in [0.15, 0.2) is 0 Å². The van der Waals surface area contributed by atoms with Crippen molar-refractivity contribution in [3.05, 3.63) is 0 Å². The average Bonchev–Trinajstić information content (AvgIpc) is 2.29. The summed E-state index contributed by atoms with van der Waals surface area (Å²) >= 11 is 2.07. The normalized spacial score (nSPS) is 30.6. The molecule has 0 aromatic rings. The molecule has 1 aliphatic rings. The van der Waals surface area contributed by atoms with Crippen LogP contribution in [-0.2, 0) is 14.8 Å². The predicted molar refractivity (Wildman–Crippen MR) is 55.4 cm³/mol. The van der Waals surface area contributed by atoms with Crippen molar-refractivity contribution in [2.45, 2.75) is 16.4 Å². The summed E-state index contributed by atoms with van der Waals surface area (Å²) in [5.41, 5.74) is 0. The number of sulfonamides is 1. The van der Waals surface area contributed by atoms with E-state index in [4.69, 9.17) is 5.11 Å². The minimum atomic E-state index is -3.38. The molecule has 5 nitrogen and oxygen atoms in total. The van der Waals surface area contributed by atoms with Crippen LogP contribution in [0.5, 0.6) is 0 Å². The van der Waals surface area contributed by atoms with Crippen molar-refractivity contribution >= 4 is 38.6 Å². The zero-order chi connectivity index (χ0) is 10.2. The van der Waals surface area contributed by atoms with Gasteiger partial charge in [-0.2, -0.15) is 4.31 Å². The molecule has 13 heavy (non-hydrogen) atoms. The first kappa shape index (κ1) is 11.2. The van der Waals surface area contributed by atoms with E-state index in [0.29, 0.717) is 13.0 Å². The molecular formula is C6H10INO4S. The molecule has 1 heterocycles. The molecule has 0 spiro atoms. The molecule has 0 saturated carbocycles. The monoisotopic (exact) mass is 319 g/mol. The molecule has 0 aliphatic carbocycles. The quantitative estimate of drug-likeness (QED) is 0.570. The Balaban J connectivity index is 2.91. The van der Waals surface area contributed by atoms with E-state index in [1.807, 2.05) is 0 Å². The maximum atomic E-state index is 11.2. The van der Waals surface area contributed by atoms with Crippen LogP contribution in [0.1, 0.15) is 6.42 Å². The summed E-state index contributed by atoms with van der Waals surface area (Å²) in [6, 6.07) is -0.878. The molecule has 0 radical (unpaired) electrons. The standard InChI is InChI=1S/C6H10INO4S/c1-13(11,12)8-3-4(7)2-5(8)6(9)10/h4-5H,2-3H2,1H3,(H,9,10). The molecule has 2 unspecified atom stereocenters. The summed E-state index contributed by atoms with van der Waals surface area (Å²) < 4.78 is 23.4. The largest absolute Gasteiger partial charge is 0.480 e. The number of aliphatic carboxylic acids is 1. The second kappa shape index (κ2) is 3.70. The van der Waals surface area contributed by atoms with Crippen LogP contribution >= 0.6 is 22.6 Å². The van der Waals surface area contributed by atoms with Gasteiger partial charge in [-0.15, -0.1) is 0 Å². The van der Waals surface area contributed by atoms with E-state index in [1.165, 1.54) is 0 Å². The van der Waals surface area contributed by atoms with E-state index in [2.05, 4.69) is 22.6 Å². The van der Waals surface area contributed by atoms with Crippen molar-refractivity contribution in [3.63, 3.8) is 0 Å². The Bertz CT molecular complexity index is 315. The number of alkyl halides is 1. The van der Waals surface area contributed by atoms with E-state index >= 15 is 0 Å². The SMILES string of the molecule is CS(=O)(=O)N1CC(I)CC1C(=O)O. The molecular weight excluding hydrogens is 309 g/mol. The number of carboxylic acid groups (broad SMARTS) is 1. The summed E-state index contributed by atoms with van der Waals surface area (Å²) in [5.74, 6) is -1.07. The van der Waals surface area contributed by atoms with Crippen molar-refractivity contribution in [1.29, 1.82) is 0 Å². The van der Waals surface area contributed by atoms with Gasteiger partial charge in [-0.25, -0.2) is 8.42 Å². The first-order valence-corrected chi connectivity index (χ1v) is 6.75. The van der Waals surface area contributed by atoms with Crippen LogP contribution in [0.3, 0.4) is 0 Å². The molecule has 1 N–H and O–H groups in total. The van der Waals surface area contributed by atoms with Gasteiger partial charge in [0, 0.05) is 10.5 Å². The highest BCUT2D eigenvalue weighted by molar-refractivity contribution is 14.1.